The summed E-state index contributed by atoms with van der Waals surface area (Å²) in [5, 5.41) is 13.2. The first-order valence-corrected chi connectivity index (χ1v) is 11.0. The second-order valence-corrected chi connectivity index (χ2v) is 8.09. The number of aryl methyl sites for hydroxylation is 2. The van der Waals surface area contributed by atoms with E-state index in [4.69, 9.17) is 9.15 Å². The van der Waals surface area contributed by atoms with Crippen molar-refractivity contribution in [1.82, 2.24) is 14.8 Å². The fourth-order valence-electron chi connectivity index (χ4n) is 3.49. The van der Waals surface area contributed by atoms with Crippen molar-refractivity contribution in [1.29, 1.82) is 0 Å². The number of rotatable bonds is 7. The van der Waals surface area contributed by atoms with Crippen LogP contribution in [0.15, 0.2) is 52.0 Å². The molecule has 0 aliphatic carbocycles. The number of fused-ring (bicyclic) bond motifs is 1. The Morgan fingerprint density at radius 2 is 1.90 bits per heavy atom. The van der Waals surface area contributed by atoms with Crippen LogP contribution in [0.1, 0.15) is 18.1 Å². The lowest BCUT2D eigenvalue weighted by atomic mass is 10.1. The number of aromatic nitrogens is 3. The van der Waals surface area contributed by atoms with Gasteiger partial charge in [-0.05, 0) is 44.0 Å². The number of ether oxygens (including phenoxy) is 1. The molecule has 2 aromatic heterocycles. The summed E-state index contributed by atoms with van der Waals surface area (Å²) in [5.41, 5.74) is 3.62. The zero-order chi connectivity index (χ0) is 22.0. The highest BCUT2D eigenvalue weighted by Crippen LogP contribution is 2.33. The second kappa shape index (κ2) is 8.85. The van der Waals surface area contributed by atoms with Crippen molar-refractivity contribution in [2.45, 2.75) is 32.5 Å². The molecule has 0 spiro atoms. The van der Waals surface area contributed by atoms with Gasteiger partial charge in [-0.1, -0.05) is 42.1 Å². The number of hydrogen-bond donors (Lipinski definition) is 1. The van der Waals surface area contributed by atoms with E-state index in [2.05, 4.69) is 15.5 Å². The molecule has 160 valence electrons. The van der Waals surface area contributed by atoms with Crippen LogP contribution in [0.3, 0.4) is 0 Å². The van der Waals surface area contributed by atoms with E-state index in [-0.39, 0.29) is 11.7 Å². The minimum atomic E-state index is -0.0805. The van der Waals surface area contributed by atoms with Crippen molar-refractivity contribution >= 4 is 34.3 Å². The van der Waals surface area contributed by atoms with Crippen molar-refractivity contribution in [3.8, 4) is 17.3 Å². The summed E-state index contributed by atoms with van der Waals surface area (Å²) in [6.07, 6.45) is 0. The Bertz CT molecular complexity index is 1220. The third-order valence-electron chi connectivity index (χ3n) is 5.06. The topological polar surface area (TPSA) is 82.2 Å². The normalized spacial score (nSPS) is 11.1. The fourth-order valence-corrected chi connectivity index (χ4v) is 4.29. The van der Waals surface area contributed by atoms with E-state index in [0.29, 0.717) is 34.6 Å². The quantitative estimate of drug-likeness (QED) is 0.408. The minimum Gasteiger partial charge on any atom is -0.493 e. The fraction of sp³-hybridized carbons (Fsp3) is 0.261. The van der Waals surface area contributed by atoms with Crippen LogP contribution in [0.4, 0.5) is 5.69 Å². The lowest BCUT2D eigenvalue weighted by Gasteiger charge is -2.11. The van der Waals surface area contributed by atoms with Gasteiger partial charge < -0.3 is 14.5 Å². The Kier molecular flexibility index (Phi) is 5.99. The number of carbonyl (C=O) groups is 1. The number of carbonyl (C=O) groups excluding carboxylic acids is 1. The second-order valence-electron chi connectivity index (χ2n) is 7.14. The molecule has 0 radical (unpaired) electrons. The van der Waals surface area contributed by atoms with Crippen LogP contribution in [-0.4, -0.2) is 33.5 Å². The van der Waals surface area contributed by atoms with Gasteiger partial charge >= 0.3 is 0 Å². The van der Waals surface area contributed by atoms with Crippen molar-refractivity contribution in [3.05, 3.63) is 53.6 Å². The van der Waals surface area contributed by atoms with E-state index < -0.39 is 0 Å². The first-order valence-electron chi connectivity index (χ1n) is 10.0. The van der Waals surface area contributed by atoms with Crippen LogP contribution >= 0.6 is 11.8 Å². The van der Waals surface area contributed by atoms with E-state index >= 15 is 0 Å². The third-order valence-corrected chi connectivity index (χ3v) is 6.03. The predicted molar refractivity (Wildman–Crippen MR) is 123 cm³/mol. The van der Waals surface area contributed by atoms with Crippen molar-refractivity contribution in [3.63, 3.8) is 0 Å². The average molecular weight is 437 g/mol. The maximum Gasteiger partial charge on any atom is 0.234 e. The van der Waals surface area contributed by atoms with Crippen LogP contribution in [0.25, 0.3) is 22.6 Å². The zero-order valence-corrected chi connectivity index (χ0v) is 18.7. The van der Waals surface area contributed by atoms with Crippen LogP contribution < -0.4 is 10.1 Å². The van der Waals surface area contributed by atoms with E-state index in [0.717, 1.165) is 22.2 Å². The number of methoxy groups -OCH3 is 1. The number of furan rings is 1. The molecule has 31 heavy (non-hydrogen) atoms. The minimum absolute atomic E-state index is 0.0805. The van der Waals surface area contributed by atoms with Gasteiger partial charge in [0, 0.05) is 17.6 Å². The van der Waals surface area contributed by atoms with Crippen molar-refractivity contribution < 1.29 is 13.9 Å². The molecule has 7 nitrogen and oxygen atoms in total. The Hall–Kier alpha value is -3.26. The summed E-state index contributed by atoms with van der Waals surface area (Å²) in [6, 6.07) is 13.6. The molecular formula is C23H24N4O3S. The number of nitrogens with one attached hydrogen (secondary N) is 1. The number of benzene rings is 2. The third kappa shape index (κ3) is 4.16. The predicted octanol–water partition coefficient (Wildman–Crippen LogP) is 5.07. The van der Waals surface area contributed by atoms with Gasteiger partial charge in [-0.2, -0.15) is 0 Å². The molecule has 4 aromatic rings. The average Bonchev–Trinajstić information content (AvgIpc) is 3.38. The highest BCUT2D eigenvalue weighted by Gasteiger charge is 2.19. The SMILES string of the molecule is CCn1c(SCC(=O)Nc2c(C)cccc2C)nnc1-c1cc2cccc(OC)c2o1. The van der Waals surface area contributed by atoms with Gasteiger partial charge in [0.15, 0.2) is 22.2 Å². The van der Waals surface area contributed by atoms with E-state index in [1.165, 1.54) is 11.8 Å². The van der Waals surface area contributed by atoms with Crippen LogP contribution in [0.5, 0.6) is 5.75 Å². The standard InChI is InChI=1S/C23H24N4O3S/c1-5-27-22(18-12-16-10-7-11-17(29-4)21(16)30-18)25-26-23(27)31-13-19(28)24-20-14(2)8-6-9-15(20)3/h6-12H,5,13H2,1-4H3,(H,24,28). The zero-order valence-electron chi connectivity index (χ0n) is 17.9. The Morgan fingerprint density at radius 3 is 2.61 bits per heavy atom. The lowest BCUT2D eigenvalue weighted by Crippen LogP contribution is -2.16. The lowest BCUT2D eigenvalue weighted by molar-refractivity contribution is -0.113. The largest absolute Gasteiger partial charge is 0.493 e. The van der Waals surface area contributed by atoms with Crippen LogP contribution in [0.2, 0.25) is 0 Å². The molecule has 0 atom stereocenters. The van der Waals surface area contributed by atoms with E-state index in [1.54, 1.807) is 7.11 Å². The van der Waals surface area contributed by atoms with Crippen molar-refractivity contribution in [2.24, 2.45) is 0 Å². The van der Waals surface area contributed by atoms with Gasteiger partial charge in [0.25, 0.3) is 0 Å². The molecule has 0 saturated heterocycles. The molecule has 1 N–H and O–H groups in total. The first-order chi connectivity index (χ1) is 15.0. The molecule has 8 heteroatoms. The first kappa shape index (κ1) is 21.0. The number of para-hydroxylation sites is 2. The maximum absolute atomic E-state index is 12.5. The van der Waals surface area contributed by atoms with Gasteiger partial charge in [-0.25, -0.2) is 0 Å². The summed E-state index contributed by atoms with van der Waals surface area (Å²) in [4.78, 5) is 12.5. The van der Waals surface area contributed by atoms with Gasteiger partial charge in [0.05, 0.1) is 12.9 Å². The summed E-state index contributed by atoms with van der Waals surface area (Å²) in [5.74, 6) is 2.06. The van der Waals surface area contributed by atoms with Gasteiger partial charge in [0.2, 0.25) is 11.7 Å². The molecule has 4 rings (SSSR count). The molecule has 0 aliphatic rings. The molecule has 1 amide bonds. The molecule has 2 aromatic carbocycles. The number of thioether (sulfide) groups is 1. The van der Waals surface area contributed by atoms with Gasteiger partial charge in [-0.3, -0.25) is 9.36 Å². The molecular weight excluding hydrogens is 412 g/mol. The highest BCUT2D eigenvalue weighted by molar-refractivity contribution is 7.99. The molecule has 0 aliphatic heterocycles. The van der Waals surface area contributed by atoms with Crippen LogP contribution in [0, 0.1) is 13.8 Å². The molecule has 2 heterocycles. The molecule has 0 unspecified atom stereocenters. The summed E-state index contributed by atoms with van der Waals surface area (Å²) in [6.45, 7) is 6.63. The number of amides is 1. The van der Waals surface area contributed by atoms with Crippen LogP contribution in [-0.2, 0) is 11.3 Å². The molecule has 0 bridgehead atoms. The number of hydrogen-bond acceptors (Lipinski definition) is 6. The van der Waals surface area contributed by atoms with Gasteiger partial charge in [-0.15, -0.1) is 10.2 Å². The molecule has 0 saturated carbocycles. The summed E-state index contributed by atoms with van der Waals surface area (Å²) >= 11 is 1.35. The van der Waals surface area contributed by atoms with Crippen molar-refractivity contribution in [2.75, 3.05) is 18.2 Å². The molecule has 0 fully saturated rings. The van der Waals surface area contributed by atoms with E-state index in [9.17, 15) is 4.79 Å². The Labute approximate surface area is 184 Å². The summed E-state index contributed by atoms with van der Waals surface area (Å²) < 4.78 is 13.4. The Balaban J connectivity index is 1.53. The maximum atomic E-state index is 12.5. The Morgan fingerprint density at radius 1 is 1.16 bits per heavy atom. The number of anilines is 1. The van der Waals surface area contributed by atoms with Gasteiger partial charge in [0.1, 0.15) is 0 Å². The van der Waals surface area contributed by atoms with E-state index in [1.807, 2.05) is 67.8 Å². The smallest absolute Gasteiger partial charge is 0.234 e. The highest BCUT2D eigenvalue weighted by atomic mass is 32.2. The number of nitrogens with zero attached hydrogens (tertiary/aromatic N) is 3. The monoisotopic (exact) mass is 436 g/mol. The summed E-state index contributed by atoms with van der Waals surface area (Å²) in [7, 11) is 1.61.